The Morgan fingerprint density at radius 2 is 2.22 bits per heavy atom. The van der Waals surface area contributed by atoms with Gasteiger partial charge in [-0.2, -0.15) is 0 Å². The Labute approximate surface area is 140 Å². The van der Waals surface area contributed by atoms with Gasteiger partial charge in [0.2, 0.25) is 0 Å². The fourth-order valence-corrected chi connectivity index (χ4v) is 3.20. The first-order chi connectivity index (χ1) is 11.0. The van der Waals surface area contributed by atoms with Crippen molar-refractivity contribution >= 4 is 33.8 Å². The number of halogens is 1. The van der Waals surface area contributed by atoms with E-state index in [-0.39, 0.29) is 23.5 Å². The van der Waals surface area contributed by atoms with Gasteiger partial charge in [0.1, 0.15) is 12.4 Å². The van der Waals surface area contributed by atoms with E-state index in [0.717, 1.165) is 5.69 Å². The summed E-state index contributed by atoms with van der Waals surface area (Å²) < 4.78 is 7.11. The summed E-state index contributed by atoms with van der Waals surface area (Å²) >= 11 is 7.29. The second-order valence-corrected chi connectivity index (χ2v) is 6.15. The topological polar surface area (TPSA) is 86.7 Å². The summed E-state index contributed by atoms with van der Waals surface area (Å²) in [5.41, 5.74) is 6.65. The number of hydrogen-bond acceptors (Lipinski definition) is 5. The summed E-state index contributed by atoms with van der Waals surface area (Å²) in [5, 5.41) is 2.28. The zero-order valence-corrected chi connectivity index (χ0v) is 13.6. The van der Waals surface area contributed by atoms with Gasteiger partial charge in [-0.25, -0.2) is 4.98 Å². The Hall–Kier alpha value is -2.38. The number of hydrogen-bond donors (Lipinski definition) is 1. The van der Waals surface area contributed by atoms with Crippen LogP contribution in [-0.4, -0.2) is 15.3 Å². The number of fused-ring (bicyclic) bond motifs is 1. The largest absolute Gasteiger partial charge is 0.486 e. The first-order valence-electron chi connectivity index (χ1n) is 6.64. The molecule has 0 radical (unpaired) electrons. The van der Waals surface area contributed by atoms with E-state index in [1.54, 1.807) is 6.07 Å². The lowest BCUT2D eigenvalue weighted by atomic mass is 10.2. The highest BCUT2D eigenvalue weighted by Crippen LogP contribution is 2.24. The van der Waals surface area contributed by atoms with E-state index in [0.29, 0.717) is 15.7 Å². The fourth-order valence-electron chi connectivity index (χ4n) is 2.15. The highest BCUT2D eigenvalue weighted by atomic mass is 35.5. The van der Waals surface area contributed by atoms with Crippen LogP contribution in [0.2, 0.25) is 5.02 Å². The van der Waals surface area contributed by atoms with Gasteiger partial charge in [0.15, 0.2) is 4.96 Å². The highest BCUT2D eigenvalue weighted by molar-refractivity contribution is 7.15. The van der Waals surface area contributed by atoms with E-state index in [1.807, 2.05) is 12.3 Å². The summed E-state index contributed by atoms with van der Waals surface area (Å²) in [5.74, 6) is -0.358. The van der Waals surface area contributed by atoms with Crippen molar-refractivity contribution in [1.29, 1.82) is 0 Å². The van der Waals surface area contributed by atoms with Gasteiger partial charge in [-0.1, -0.05) is 11.6 Å². The first kappa shape index (κ1) is 15.5. The van der Waals surface area contributed by atoms with Crippen molar-refractivity contribution in [2.75, 3.05) is 0 Å². The van der Waals surface area contributed by atoms with Gasteiger partial charge in [-0.15, -0.1) is 11.3 Å². The highest BCUT2D eigenvalue weighted by Gasteiger charge is 2.12. The normalized spacial score (nSPS) is 10.9. The van der Waals surface area contributed by atoms with E-state index >= 15 is 0 Å². The van der Waals surface area contributed by atoms with Gasteiger partial charge in [-0.3, -0.25) is 14.0 Å². The molecule has 0 atom stereocenters. The first-order valence-corrected chi connectivity index (χ1v) is 7.90. The molecule has 0 unspecified atom stereocenters. The molecule has 3 aromatic rings. The molecule has 6 nitrogen and oxygen atoms in total. The Bertz CT molecular complexity index is 964. The second-order valence-electron chi connectivity index (χ2n) is 4.87. The number of aryl methyl sites for hydroxylation is 1. The van der Waals surface area contributed by atoms with Crippen LogP contribution in [0.4, 0.5) is 0 Å². The minimum atomic E-state index is -0.617. The summed E-state index contributed by atoms with van der Waals surface area (Å²) in [6.45, 7) is 1.87. The minimum absolute atomic E-state index is 0.0311. The molecule has 0 spiro atoms. The molecule has 0 aliphatic carbocycles. The summed E-state index contributed by atoms with van der Waals surface area (Å²) in [6.07, 6.45) is 0. The van der Waals surface area contributed by atoms with Crippen molar-refractivity contribution in [2.24, 2.45) is 5.73 Å². The maximum absolute atomic E-state index is 12.1. The van der Waals surface area contributed by atoms with Crippen LogP contribution in [0, 0.1) is 6.92 Å². The van der Waals surface area contributed by atoms with Crippen molar-refractivity contribution < 1.29 is 9.53 Å². The number of thiazole rings is 1. The zero-order valence-electron chi connectivity index (χ0n) is 12.1. The van der Waals surface area contributed by atoms with Crippen LogP contribution in [0.1, 0.15) is 21.7 Å². The lowest BCUT2D eigenvalue weighted by molar-refractivity contribution is 0.0996. The number of amides is 1. The molecule has 23 heavy (non-hydrogen) atoms. The van der Waals surface area contributed by atoms with Crippen molar-refractivity contribution in [3.63, 3.8) is 0 Å². The fraction of sp³-hybridized carbons (Fsp3) is 0.133. The van der Waals surface area contributed by atoms with E-state index in [9.17, 15) is 9.59 Å². The van der Waals surface area contributed by atoms with Crippen LogP contribution in [0.25, 0.3) is 4.96 Å². The molecule has 2 heterocycles. The average Bonchev–Trinajstić information content (AvgIpc) is 2.86. The van der Waals surface area contributed by atoms with Crippen molar-refractivity contribution in [3.8, 4) is 5.75 Å². The summed E-state index contributed by atoms with van der Waals surface area (Å²) in [6, 6.07) is 5.96. The Kier molecular flexibility index (Phi) is 4.06. The number of primary amides is 1. The predicted octanol–water partition coefficient (Wildman–Crippen LogP) is 2.40. The van der Waals surface area contributed by atoms with Crippen LogP contribution >= 0.6 is 22.9 Å². The Morgan fingerprint density at radius 3 is 2.96 bits per heavy atom. The number of aromatic nitrogens is 2. The molecule has 2 N–H and O–H groups in total. The van der Waals surface area contributed by atoms with Crippen LogP contribution in [-0.2, 0) is 6.61 Å². The maximum Gasteiger partial charge on any atom is 0.259 e. The summed E-state index contributed by atoms with van der Waals surface area (Å²) in [4.78, 5) is 28.5. The van der Waals surface area contributed by atoms with Crippen LogP contribution in [0.3, 0.4) is 0 Å². The monoisotopic (exact) mass is 349 g/mol. The molecule has 8 heteroatoms. The Morgan fingerprint density at radius 1 is 1.43 bits per heavy atom. The number of ether oxygens (including phenoxy) is 1. The molecule has 0 saturated carbocycles. The maximum atomic E-state index is 12.1. The third-order valence-corrected chi connectivity index (χ3v) is 4.39. The van der Waals surface area contributed by atoms with Gasteiger partial charge in [-0.05, 0) is 25.1 Å². The number of rotatable bonds is 4. The van der Waals surface area contributed by atoms with Crippen LogP contribution in [0.15, 0.2) is 34.4 Å². The van der Waals surface area contributed by atoms with Crippen molar-refractivity contribution in [1.82, 2.24) is 9.38 Å². The zero-order chi connectivity index (χ0) is 16.6. The van der Waals surface area contributed by atoms with Gasteiger partial charge in [0.05, 0.1) is 11.3 Å². The molecular formula is C15H12ClN3O3S. The molecular weight excluding hydrogens is 338 g/mol. The molecule has 1 aromatic carbocycles. The van der Waals surface area contributed by atoms with Crippen LogP contribution in [0.5, 0.6) is 5.75 Å². The van der Waals surface area contributed by atoms with Gasteiger partial charge < -0.3 is 10.5 Å². The molecule has 0 saturated heterocycles. The third-order valence-electron chi connectivity index (χ3n) is 3.21. The van der Waals surface area contributed by atoms with E-state index in [1.165, 1.54) is 33.9 Å². The standard InChI is InChI=1S/C15H12ClN3O3S/c1-8-7-23-15-18-10(5-13(20)19(8)15)6-22-12-4-9(16)2-3-11(12)14(17)21/h2-5,7H,6H2,1H3,(H2,17,21). The van der Waals surface area contributed by atoms with Crippen LogP contribution < -0.4 is 16.0 Å². The molecule has 3 rings (SSSR count). The number of carbonyl (C=O) groups excluding carboxylic acids is 1. The van der Waals surface area contributed by atoms with Gasteiger partial charge >= 0.3 is 0 Å². The lowest BCUT2D eigenvalue weighted by Crippen LogP contribution is -2.17. The Balaban J connectivity index is 1.91. The quantitative estimate of drug-likeness (QED) is 0.783. The molecule has 1 amide bonds. The van der Waals surface area contributed by atoms with Crippen molar-refractivity contribution in [2.45, 2.75) is 13.5 Å². The SMILES string of the molecule is Cc1csc2nc(COc3cc(Cl)ccc3C(N)=O)cc(=O)n12. The molecule has 2 aromatic heterocycles. The smallest absolute Gasteiger partial charge is 0.259 e. The van der Waals surface area contributed by atoms with E-state index < -0.39 is 5.91 Å². The predicted molar refractivity (Wildman–Crippen MR) is 88.4 cm³/mol. The summed E-state index contributed by atoms with van der Waals surface area (Å²) in [7, 11) is 0. The number of carbonyl (C=O) groups is 1. The molecule has 0 fully saturated rings. The minimum Gasteiger partial charge on any atom is -0.486 e. The van der Waals surface area contributed by atoms with Crippen molar-refractivity contribution in [3.05, 3.63) is 62.0 Å². The second kappa shape index (κ2) is 6.02. The lowest BCUT2D eigenvalue weighted by Gasteiger charge is -2.09. The van der Waals surface area contributed by atoms with Gasteiger partial charge in [0, 0.05) is 22.2 Å². The van der Waals surface area contributed by atoms with E-state index in [4.69, 9.17) is 22.1 Å². The molecule has 118 valence electrons. The number of nitrogens with two attached hydrogens (primary N) is 1. The average molecular weight is 350 g/mol. The third kappa shape index (κ3) is 3.06. The van der Waals surface area contributed by atoms with Gasteiger partial charge in [0.25, 0.3) is 11.5 Å². The number of nitrogens with zero attached hydrogens (tertiary/aromatic N) is 2. The molecule has 0 bridgehead atoms. The molecule has 0 aliphatic heterocycles. The number of benzene rings is 1. The molecule has 0 aliphatic rings. The van der Waals surface area contributed by atoms with E-state index in [2.05, 4.69) is 4.98 Å².